The van der Waals surface area contributed by atoms with Gasteiger partial charge in [-0.15, -0.1) is 0 Å². The van der Waals surface area contributed by atoms with Crippen molar-refractivity contribution in [2.45, 2.75) is 38.2 Å². The fourth-order valence-electron chi connectivity index (χ4n) is 5.09. The number of anilines is 1. The Labute approximate surface area is 121 Å². The van der Waals surface area contributed by atoms with E-state index >= 15 is 0 Å². The third kappa shape index (κ3) is 2.46. The van der Waals surface area contributed by atoms with E-state index in [1.165, 1.54) is 37.8 Å². The Hall–Kier alpha value is -1.02. The van der Waals surface area contributed by atoms with Crippen LogP contribution in [0.15, 0.2) is 30.3 Å². The normalized spacial score (nSPS) is 38.1. The molecule has 4 saturated carbocycles. The molecule has 4 bridgehead atoms. The van der Waals surface area contributed by atoms with Crippen LogP contribution in [-0.4, -0.2) is 19.3 Å². The second-order valence-electron chi connectivity index (χ2n) is 7.06. The number of nitrogens with one attached hydrogen (secondary N) is 1. The van der Waals surface area contributed by atoms with Gasteiger partial charge in [-0.3, -0.25) is 0 Å². The van der Waals surface area contributed by atoms with Gasteiger partial charge in [0.2, 0.25) is 0 Å². The molecule has 2 heteroatoms. The Morgan fingerprint density at radius 2 is 1.55 bits per heavy atom. The molecular formula is C18H25NO. The van der Waals surface area contributed by atoms with E-state index in [1.807, 2.05) is 0 Å². The van der Waals surface area contributed by atoms with E-state index in [0.29, 0.717) is 6.10 Å². The maximum atomic E-state index is 6.28. The first-order chi connectivity index (χ1) is 9.88. The molecule has 0 radical (unpaired) electrons. The predicted molar refractivity (Wildman–Crippen MR) is 81.7 cm³/mol. The van der Waals surface area contributed by atoms with Gasteiger partial charge in [-0.25, -0.2) is 0 Å². The van der Waals surface area contributed by atoms with Gasteiger partial charge in [-0.1, -0.05) is 18.2 Å². The highest BCUT2D eigenvalue weighted by Gasteiger charge is 2.48. The molecule has 0 aliphatic heterocycles. The molecule has 1 N–H and O–H groups in total. The van der Waals surface area contributed by atoms with E-state index in [4.69, 9.17) is 4.74 Å². The SMILES string of the molecule is c1ccc(NCCOC2C3CC4CC(C3)CC2C4)cc1. The van der Waals surface area contributed by atoms with Gasteiger partial charge in [-0.05, 0) is 67.9 Å². The summed E-state index contributed by atoms with van der Waals surface area (Å²) in [5.41, 5.74) is 1.20. The summed E-state index contributed by atoms with van der Waals surface area (Å²) in [5.74, 6) is 3.84. The molecule has 4 fully saturated rings. The standard InChI is InChI=1S/C18H25NO/c1-2-4-17(5-3-1)19-6-7-20-18-15-9-13-8-14(11-15)12-16(18)10-13/h1-5,13-16,18-19H,6-12H2. The zero-order chi connectivity index (χ0) is 13.4. The summed E-state index contributed by atoms with van der Waals surface area (Å²) in [6.07, 6.45) is 7.89. The first-order valence-electron chi connectivity index (χ1n) is 8.29. The van der Waals surface area contributed by atoms with E-state index in [2.05, 4.69) is 35.6 Å². The van der Waals surface area contributed by atoms with Gasteiger partial charge in [0.15, 0.2) is 0 Å². The molecule has 0 heterocycles. The van der Waals surface area contributed by atoms with Crippen LogP contribution < -0.4 is 5.32 Å². The number of rotatable bonds is 5. The van der Waals surface area contributed by atoms with Gasteiger partial charge < -0.3 is 10.1 Å². The van der Waals surface area contributed by atoms with Crippen LogP contribution in [-0.2, 0) is 4.74 Å². The van der Waals surface area contributed by atoms with Gasteiger partial charge in [0.1, 0.15) is 0 Å². The highest BCUT2D eigenvalue weighted by atomic mass is 16.5. The van der Waals surface area contributed by atoms with Crippen molar-refractivity contribution < 1.29 is 4.74 Å². The van der Waals surface area contributed by atoms with Crippen molar-refractivity contribution in [3.05, 3.63) is 30.3 Å². The molecule has 0 atom stereocenters. The average molecular weight is 271 g/mol. The fraction of sp³-hybridized carbons (Fsp3) is 0.667. The first-order valence-corrected chi connectivity index (χ1v) is 8.29. The Morgan fingerprint density at radius 1 is 0.900 bits per heavy atom. The lowest BCUT2D eigenvalue weighted by atomic mass is 9.55. The Kier molecular flexibility index (Phi) is 3.43. The topological polar surface area (TPSA) is 21.3 Å². The van der Waals surface area contributed by atoms with Crippen LogP contribution >= 0.6 is 0 Å². The largest absolute Gasteiger partial charge is 0.383 e. The summed E-state index contributed by atoms with van der Waals surface area (Å²) < 4.78 is 6.28. The molecule has 0 spiro atoms. The molecule has 4 aliphatic carbocycles. The highest BCUT2D eigenvalue weighted by Crippen LogP contribution is 2.54. The molecule has 1 aromatic carbocycles. The van der Waals surface area contributed by atoms with Crippen LogP contribution in [0.4, 0.5) is 5.69 Å². The van der Waals surface area contributed by atoms with Gasteiger partial charge in [0.25, 0.3) is 0 Å². The zero-order valence-corrected chi connectivity index (χ0v) is 12.1. The highest BCUT2D eigenvalue weighted by molar-refractivity contribution is 5.42. The van der Waals surface area contributed by atoms with Crippen LogP contribution in [0.3, 0.4) is 0 Å². The fourth-order valence-corrected chi connectivity index (χ4v) is 5.09. The second-order valence-corrected chi connectivity index (χ2v) is 7.06. The molecule has 4 aliphatic rings. The molecule has 0 unspecified atom stereocenters. The molecule has 20 heavy (non-hydrogen) atoms. The average Bonchev–Trinajstić information content (AvgIpc) is 2.46. The van der Waals surface area contributed by atoms with Crippen molar-refractivity contribution in [3.63, 3.8) is 0 Å². The summed E-state index contributed by atoms with van der Waals surface area (Å²) in [5, 5.41) is 3.44. The van der Waals surface area contributed by atoms with Gasteiger partial charge in [-0.2, -0.15) is 0 Å². The third-order valence-corrected chi connectivity index (χ3v) is 5.66. The van der Waals surface area contributed by atoms with Crippen LogP contribution in [0, 0.1) is 23.7 Å². The summed E-state index contributed by atoms with van der Waals surface area (Å²) in [6.45, 7) is 1.77. The van der Waals surface area contributed by atoms with Crippen molar-refractivity contribution in [2.24, 2.45) is 23.7 Å². The molecular weight excluding hydrogens is 246 g/mol. The summed E-state index contributed by atoms with van der Waals surface area (Å²) in [7, 11) is 0. The monoisotopic (exact) mass is 271 g/mol. The zero-order valence-electron chi connectivity index (χ0n) is 12.1. The minimum atomic E-state index is 0.570. The van der Waals surface area contributed by atoms with Gasteiger partial charge in [0, 0.05) is 12.2 Å². The molecule has 0 saturated heterocycles. The lowest BCUT2D eigenvalue weighted by Gasteiger charge is -2.54. The molecule has 108 valence electrons. The van der Waals surface area contributed by atoms with Crippen molar-refractivity contribution in [3.8, 4) is 0 Å². The Balaban J connectivity index is 1.26. The minimum Gasteiger partial charge on any atom is -0.383 e. The van der Waals surface area contributed by atoms with E-state index in [1.54, 1.807) is 0 Å². The van der Waals surface area contributed by atoms with E-state index < -0.39 is 0 Å². The molecule has 0 amide bonds. The van der Waals surface area contributed by atoms with Gasteiger partial charge in [0.05, 0.1) is 12.7 Å². The smallest absolute Gasteiger partial charge is 0.0643 e. The number of ether oxygens (including phenoxy) is 1. The lowest BCUT2D eigenvalue weighted by Crippen LogP contribution is -2.49. The third-order valence-electron chi connectivity index (χ3n) is 5.66. The van der Waals surface area contributed by atoms with Crippen molar-refractivity contribution in [2.75, 3.05) is 18.5 Å². The van der Waals surface area contributed by atoms with Crippen LogP contribution in [0.25, 0.3) is 0 Å². The summed E-state index contributed by atoms with van der Waals surface area (Å²) in [6, 6.07) is 10.4. The molecule has 0 aromatic heterocycles. The van der Waals surface area contributed by atoms with Crippen LogP contribution in [0.5, 0.6) is 0 Å². The predicted octanol–water partition coefficient (Wildman–Crippen LogP) is 3.94. The maximum absolute atomic E-state index is 6.28. The number of hydrogen-bond donors (Lipinski definition) is 1. The molecule has 2 nitrogen and oxygen atoms in total. The first kappa shape index (κ1) is 12.7. The van der Waals surface area contributed by atoms with Crippen LogP contribution in [0.2, 0.25) is 0 Å². The summed E-state index contributed by atoms with van der Waals surface area (Å²) in [4.78, 5) is 0. The van der Waals surface area contributed by atoms with Crippen molar-refractivity contribution in [1.82, 2.24) is 0 Å². The second kappa shape index (κ2) is 5.40. The van der Waals surface area contributed by atoms with Gasteiger partial charge >= 0.3 is 0 Å². The van der Waals surface area contributed by atoms with E-state index in [-0.39, 0.29) is 0 Å². The van der Waals surface area contributed by atoms with Crippen molar-refractivity contribution in [1.29, 1.82) is 0 Å². The minimum absolute atomic E-state index is 0.570. The van der Waals surface area contributed by atoms with E-state index in [9.17, 15) is 0 Å². The Morgan fingerprint density at radius 3 is 2.20 bits per heavy atom. The lowest BCUT2D eigenvalue weighted by molar-refractivity contribution is -0.123. The number of benzene rings is 1. The van der Waals surface area contributed by atoms with Crippen LogP contribution in [0.1, 0.15) is 32.1 Å². The molecule has 1 aromatic rings. The number of para-hydroxylation sites is 1. The summed E-state index contributed by atoms with van der Waals surface area (Å²) >= 11 is 0. The number of hydrogen-bond acceptors (Lipinski definition) is 2. The molecule has 5 rings (SSSR count). The quantitative estimate of drug-likeness (QED) is 0.819. The van der Waals surface area contributed by atoms with E-state index in [0.717, 1.165) is 36.8 Å². The van der Waals surface area contributed by atoms with Crippen molar-refractivity contribution >= 4 is 5.69 Å². The maximum Gasteiger partial charge on any atom is 0.0643 e. The Bertz CT molecular complexity index is 416.